The van der Waals surface area contributed by atoms with E-state index in [9.17, 15) is 4.79 Å². The fraction of sp³-hybridized carbons (Fsp3) is 0.105. The van der Waals surface area contributed by atoms with E-state index in [4.69, 9.17) is 0 Å². The normalized spacial score (nSPS) is 10.7. The average Bonchev–Trinajstić information content (AvgIpc) is 3.36. The maximum atomic E-state index is 12.1. The highest BCUT2D eigenvalue weighted by Crippen LogP contribution is 2.29. The predicted octanol–water partition coefficient (Wildman–Crippen LogP) is 2.76. The minimum atomic E-state index is -0.314. The third-order valence-electron chi connectivity index (χ3n) is 4.19. The van der Waals surface area contributed by atoms with Crippen LogP contribution in [0, 0.1) is 6.92 Å². The molecule has 0 bridgehead atoms. The zero-order valence-corrected chi connectivity index (χ0v) is 14.5. The van der Waals surface area contributed by atoms with Gasteiger partial charge in [-0.3, -0.25) is 14.9 Å². The number of carbonyl (C=O) groups is 1. The Morgan fingerprint density at radius 1 is 1.07 bits per heavy atom. The van der Waals surface area contributed by atoms with E-state index >= 15 is 0 Å². The van der Waals surface area contributed by atoms with Crippen molar-refractivity contribution in [1.29, 1.82) is 0 Å². The SMILES string of the molecule is Cc1nonc1C(=O)NCc1ccc(-c2[nH]ncc2-c2ccncc2)cc1. The lowest BCUT2D eigenvalue weighted by Crippen LogP contribution is -2.23. The van der Waals surface area contributed by atoms with Crippen molar-refractivity contribution in [2.45, 2.75) is 13.5 Å². The van der Waals surface area contributed by atoms with Gasteiger partial charge in [-0.2, -0.15) is 5.10 Å². The summed E-state index contributed by atoms with van der Waals surface area (Å²) in [4.78, 5) is 16.1. The van der Waals surface area contributed by atoms with Gasteiger partial charge in [-0.25, -0.2) is 4.63 Å². The van der Waals surface area contributed by atoms with Gasteiger partial charge in [0.05, 0.1) is 11.9 Å². The summed E-state index contributed by atoms with van der Waals surface area (Å²) in [5.41, 5.74) is 5.61. The summed E-state index contributed by atoms with van der Waals surface area (Å²) in [5, 5.41) is 17.2. The number of H-pyrrole nitrogens is 1. The molecule has 27 heavy (non-hydrogen) atoms. The Bertz CT molecular complexity index is 1050. The van der Waals surface area contributed by atoms with Gasteiger partial charge in [-0.1, -0.05) is 29.4 Å². The summed E-state index contributed by atoms with van der Waals surface area (Å²) in [5.74, 6) is -0.314. The van der Waals surface area contributed by atoms with Gasteiger partial charge in [0.2, 0.25) is 0 Å². The number of nitrogens with one attached hydrogen (secondary N) is 2. The summed E-state index contributed by atoms with van der Waals surface area (Å²) in [6, 6.07) is 11.8. The lowest BCUT2D eigenvalue weighted by atomic mass is 10.0. The lowest BCUT2D eigenvalue weighted by molar-refractivity contribution is 0.0940. The topological polar surface area (TPSA) is 110 Å². The Balaban J connectivity index is 1.48. The summed E-state index contributed by atoms with van der Waals surface area (Å²) >= 11 is 0. The van der Waals surface area contributed by atoms with E-state index in [-0.39, 0.29) is 11.6 Å². The molecular formula is C19H16N6O2. The molecule has 8 heteroatoms. The van der Waals surface area contributed by atoms with Crippen molar-refractivity contribution in [3.05, 3.63) is 71.9 Å². The van der Waals surface area contributed by atoms with Crippen molar-refractivity contribution in [2.24, 2.45) is 0 Å². The number of pyridine rings is 1. The van der Waals surface area contributed by atoms with Crippen LogP contribution in [0.25, 0.3) is 22.4 Å². The van der Waals surface area contributed by atoms with Crippen LogP contribution < -0.4 is 5.32 Å². The monoisotopic (exact) mass is 360 g/mol. The molecule has 4 rings (SSSR count). The Morgan fingerprint density at radius 3 is 2.56 bits per heavy atom. The molecule has 0 aliphatic rings. The molecule has 0 fully saturated rings. The van der Waals surface area contributed by atoms with Crippen LogP contribution in [0.4, 0.5) is 0 Å². The van der Waals surface area contributed by atoms with Crippen molar-refractivity contribution >= 4 is 5.91 Å². The van der Waals surface area contributed by atoms with Crippen molar-refractivity contribution < 1.29 is 9.42 Å². The Morgan fingerprint density at radius 2 is 1.85 bits per heavy atom. The van der Waals surface area contributed by atoms with E-state index < -0.39 is 0 Å². The second kappa shape index (κ2) is 7.20. The fourth-order valence-corrected chi connectivity index (χ4v) is 2.75. The fourth-order valence-electron chi connectivity index (χ4n) is 2.75. The van der Waals surface area contributed by atoms with Crippen LogP contribution in [-0.4, -0.2) is 31.4 Å². The van der Waals surface area contributed by atoms with E-state index in [0.717, 1.165) is 27.9 Å². The second-order valence-corrected chi connectivity index (χ2v) is 5.97. The molecular weight excluding hydrogens is 344 g/mol. The smallest absolute Gasteiger partial charge is 0.275 e. The van der Waals surface area contributed by atoms with E-state index in [0.29, 0.717) is 12.2 Å². The molecule has 0 spiro atoms. The molecule has 0 atom stereocenters. The van der Waals surface area contributed by atoms with Crippen LogP contribution in [0.3, 0.4) is 0 Å². The standard InChI is InChI=1S/C19H16N6O2/c1-12-17(25-27-24-12)19(26)21-10-13-2-4-15(5-3-13)18-16(11-22-23-18)14-6-8-20-9-7-14/h2-9,11H,10H2,1H3,(H,21,26)(H,22,23). The first-order valence-corrected chi connectivity index (χ1v) is 8.33. The minimum absolute atomic E-state index is 0.200. The van der Waals surface area contributed by atoms with Crippen LogP contribution in [-0.2, 0) is 6.54 Å². The molecule has 0 unspecified atom stereocenters. The lowest BCUT2D eigenvalue weighted by Gasteiger charge is -2.06. The molecule has 0 saturated heterocycles. The van der Waals surface area contributed by atoms with Crippen LogP contribution in [0.15, 0.2) is 59.6 Å². The van der Waals surface area contributed by atoms with Crippen LogP contribution in [0.2, 0.25) is 0 Å². The first-order valence-electron chi connectivity index (χ1n) is 8.33. The average molecular weight is 360 g/mol. The van der Waals surface area contributed by atoms with Gasteiger partial charge in [0.15, 0.2) is 5.69 Å². The third-order valence-corrected chi connectivity index (χ3v) is 4.19. The summed E-state index contributed by atoms with van der Waals surface area (Å²) < 4.78 is 4.55. The Hall–Kier alpha value is -3.81. The quantitative estimate of drug-likeness (QED) is 0.566. The molecule has 3 heterocycles. The van der Waals surface area contributed by atoms with Crippen molar-refractivity contribution in [2.75, 3.05) is 0 Å². The van der Waals surface area contributed by atoms with Gasteiger partial charge in [-0.15, -0.1) is 0 Å². The number of rotatable bonds is 5. The number of amides is 1. The maximum Gasteiger partial charge on any atom is 0.275 e. The summed E-state index contributed by atoms with van der Waals surface area (Å²) in [7, 11) is 0. The van der Waals surface area contributed by atoms with E-state index in [2.05, 4.69) is 35.4 Å². The van der Waals surface area contributed by atoms with Crippen LogP contribution >= 0.6 is 0 Å². The number of nitrogens with zero attached hydrogens (tertiary/aromatic N) is 4. The molecule has 8 nitrogen and oxygen atoms in total. The molecule has 1 amide bonds. The zero-order chi connectivity index (χ0) is 18.6. The molecule has 3 aromatic heterocycles. The number of hydrogen-bond donors (Lipinski definition) is 2. The Labute approximate surface area is 154 Å². The van der Waals surface area contributed by atoms with E-state index in [1.807, 2.05) is 36.4 Å². The maximum absolute atomic E-state index is 12.1. The minimum Gasteiger partial charge on any atom is -0.346 e. The van der Waals surface area contributed by atoms with Gasteiger partial charge in [-0.05, 0) is 35.3 Å². The van der Waals surface area contributed by atoms with Crippen LogP contribution in [0.5, 0.6) is 0 Å². The van der Waals surface area contributed by atoms with Crippen molar-refractivity contribution in [3.63, 3.8) is 0 Å². The molecule has 4 aromatic rings. The highest BCUT2D eigenvalue weighted by molar-refractivity contribution is 5.92. The van der Waals surface area contributed by atoms with Crippen LogP contribution in [0.1, 0.15) is 21.7 Å². The first kappa shape index (κ1) is 16.6. The van der Waals surface area contributed by atoms with E-state index in [1.54, 1.807) is 25.5 Å². The largest absolute Gasteiger partial charge is 0.346 e. The zero-order valence-electron chi connectivity index (χ0n) is 14.5. The second-order valence-electron chi connectivity index (χ2n) is 5.97. The van der Waals surface area contributed by atoms with Crippen molar-refractivity contribution in [3.8, 4) is 22.4 Å². The number of carbonyl (C=O) groups excluding carboxylic acids is 1. The molecule has 0 aliphatic carbocycles. The number of hydrogen-bond acceptors (Lipinski definition) is 6. The third kappa shape index (κ3) is 3.45. The Kier molecular flexibility index (Phi) is 4.44. The van der Waals surface area contributed by atoms with Gasteiger partial charge in [0, 0.05) is 30.1 Å². The summed E-state index contributed by atoms with van der Waals surface area (Å²) in [6.45, 7) is 2.05. The number of aryl methyl sites for hydroxylation is 1. The van der Waals surface area contributed by atoms with Gasteiger partial charge < -0.3 is 5.32 Å². The molecule has 134 valence electrons. The molecule has 0 saturated carbocycles. The van der Waals surface area contributed by atoms with Gasteiger partial charge >= 0.3 is 0 Å². The molecule has 0 aliphatic heterocycles. The summed E-state index contributed by atoms with van der Waals surface area (Å²) in [6.07, 6.45) is 5.31. The number of benzene rings is 1. The number of aromatic nitrogens is 5. The highest BCUT2D eigenvalue weighted by Gasteiger charge is 2.14. The van der Waals surface area contributed by atoms with E-state index in [1.165, 1.54) is 0 Å². The molecule has 0 radical (unpaired) electrons. The highest BCUT2D eigenvalue weighted by atomic mass is 16.6. The van der Waals surface area contributed by atoms with Gasteiger partial charge in [0.1, 0.15) is 5.69 Å². The molecule has 2 N–H and O–H groups in total. The van der Waals surface area contributed by atoms with Crippen molar-refractivity contribution in [1.82, 2.24) is 30.8 Å². The predicted molar refractivity (Wildman–Crippen MR) is 97.5 cm³/mol. The van der Waals surface area contributed by atoms with Gasteiger partial charge in [0.25, 0.3) is 5.91 Å². The molecule has 1 aromatic carbocycles. The number of aromatic amines is 1. The first-order chi connectivity index (χ1) is 13.2.